The lowest BCUT2D eigenvalue weighted by molar-refractivity contribution is -0.113. The number of hydrogen-bond donors (Lipinski definition) is 1. The molecule has 0 atom stereocenters. The van der Waals surface area contributed by atoms with Gasteiger partial charge in [0.15, 0.2) is 5.16 Å². The maximum Gasteiger partial charge on any atom is 0.263 e. The van der Waals surface area contributed by atoms with Gasteiger partial charge in [-0.3, -0.25) is 18.6 Å². The summed E-state index contributed by atoms with van der Waals surface area (Å²) in [6, 6.07) is 12.0. The van der Waals surface area contributed by atoms with Crippen LogP contribution in [0.3, 0.4) is 0 Å². The first kappa shape index (κ1) is 22.1. The van der Waals surface area contributed by atoms with Crippen molar-refractivity contribution in [1.82, 2.24) is 19.2 Å². The summed E-state index contributed by atoms with van der Waals surface area (Å²) in [5.74, 6) is -0.210. The Bertz CT molecular complexity index is 1460. The molecular weight excluding hydrogens is 455 g/mol. The van der Waals surface area contributed by atoms with Crippen LogP contribution in [-0.4, -0.2) is 43.9 Å². The number of fused-ring (bicyclic) bond motifs is 3. The van der Waals surface area contributed by atoms with E-state index in [9.17, 15) is 14.0 Å². The van der Waals surface area contributed by atoms with Crippen LogP contribution in [0.4, 0.5) is 15.8 Å². The number of anilines is 2. The van der Waals surface area contributed by atoms with Crippen LogP contribution >= 0.6 is 11.8 Å². The van der Waals surface area contributed by atoms with Gasteiger partial charge in [-0.25, -0.2) is 4.39 Å². The van der Waals surface area contributed by atoms with Gasteiger partial charge in [-0.05, 0) is 43.2 Å². The van der Waals surface area contributed by atoms with E-state index in [0.717, 1.165) is 25.9 Å². The highest BCUT2D eigenvalue weighted by Gasteiger charge is 2.19. The number of halogens is 1. The maximum atomic E-state index is 14.6. The molecule has 1 amide bonds. The number of aromatic nitrogens is 4. The van der Waals surface area contributed by atoms with Crippen LogP contribution < -0.4 is 15.8 Å². The number of nitrogens with one attached hydrogen (secondary N) is 1. The highest BCUT2D eigenvalue weighted by molar-refractivity contribution is 7.99. The fraction of sp³-hybridized carbons (Fsp3) is 0.250. The van der Waals surface area contributed by atoms with Crippen LogP contribution in [0, 0.1) is 5.82 Å². The molecule has 8 nitrogen and oxygen atoms in total. The number of thioether (sulfide) groups is 1. The van der Waals surface area contributed by atoms with Crippen LogP contribution in [-0.2, 0) is 11.3 Å². The van der Waals surface area contributed by atoms with Crippen molar-refractivity contribution in [3.63, 3.8) is 0 Å². The van der Waals surface area contributed by atoms with Gasteiger partial charge in [-0.2, -0.15) is 0 Å². The fourth-order valence-corrected chi connectivity index (χ4v) is 4.99. The third-order valence-electron chi connectivity index (χ3n) is 5.80. The first-order valence-electron chi connectivity index (χ1n) is 11.0. The van der Waals surface area contributed by atoms with Crippen LogP contribution in [0.1, 0.15) is 12.8 Å². The average Bonchev–Trinajstić information content (AvgIpc) is 3.51. The van der Waals surface area contributed by atoms with Gasteiger partial charge in [0.25, 0.3) is 5.56 Å². The molecule has 0 bridgehead atoms. The third kappa shape index (κ3) is 4.05. The minimum absolute atomic E-state index is 0.0468. The number of para-hydroxylation sites is 1. The van der Waals surface area contributed by atoms with E-state index in [2.05, 4.69) is 22.1 Å². The predicted octanol–water partition coefficient (Wildman–Crippen LogP) is 3.70. The van der Waals surface area contributed by atoms with E-state index in [4.69, 9.17) is 0 Å². The Morgan fingerprint density at radius 3 is 2.74 bits per heavy atom. The summed E-state index contributed by atoms with van der Waals surface area (Å²) in [4.78, 5) is 27.5. The average molecular weight is 479 g/mol. The van der Waals surface area contributed by atoms with E-state index in [1.807, 2.05) is 17.0 Å². The Hall–Kier alpha value is -3.66. The van der Waals surface area contributed by atoms with Crippen molar-refractivity contribution in [3.8, 4) is 0 Å². The number of carbonyl (C=O) groups is 1. The summed E-state index contributed by atoms with van der Waals surface area (Å²) in [6.45, 7) is 5.70. The second kappa shape index (κ2) is 9.30. The number of benzene rings is 2. The lowest BCUT2D eigenvalue weighted by Crippen LogP contribution is -2.22. The van der Waals surface area contributed by atoms with E-state index in [-0.39, 0.29) is 29.6 Å². The minimum atomic E-state index is -0.345. The van der Waals surface area contributed by atoms with Crippen LogP contribution in [0.25, 0.3) is 16.7 Å². The zero-order valence-electron chi connectivity index (χ0n) is 18.4. The molecule has 0 radical (unpaired) electrons. The molecule has 2 aromatic carbocycles. The summed E-state index contributed by atoms with van der Waals surface area (Å²) in [5.41, 5.74) is 1.46. The Labute approximate surface area is 199 Å². The minimum Gasteiger partial charge on any atom is -0.369 e. The number of rotatable bonds is 7. The molecule has 2 aromatic heterocycles. The molecule has 1 N–H and O–H groups in total. The number of hydrogen-bond acceptors (Lipinski definition) is 6. The molecule has 10 heteroatoms. The van der Waals surface area contributed by atoms with Crippen LogP contribution in [0.2, 0.25) is 0 Å². The molecule has 0 unspecified atom stereocenters. The monoisotopic (exact) mass is 478 g/mol. The van der Waals surface area contributed by atoms with Crippen molar-refractivity contribution in [1.29, 1.82) is 0 Å². The number of amides is 1. The van der Waals surface area contributed by atoms with Gasteiger partial charge in [0, 0.05) is 25.3 Å². The SMILES string of the molecule is C=CCn1c(=O)c2ccccc2n2c(SCC(=O)Nc3ccc(N4CCCC4)c(F)c3)nnc12. The van der Waals surface area contributed by atoms with E-state index in [0.29, 0.717) is 33.2 Å². The largest absolute Gasteiger partial charge is 0.369 e. The summed E-state index contributed by atoms with van der Waals surface area (Å²) in [7, 11) is 0. The van der Waals surface area contributed by atoms with Crippen LogP contribution in [0.15, 0.2) is 65.1 Å². The first-order valence-corrected chi connectivity index (χ1v) is 12.0. The van der Waals surface area contributed by atoms with Crippen LogP contribution in [0.5, 0.6) is 0 Å². The van der Waals surface area contributed by atoms with Crippen molar-refractivity contribution in [2.24, 2.45) is 0 Å². The van der Waals surface area contributed by atoms with Crippen molar-refractivity contribution in [2.45, 2.75) is 24.5 Å². The van der Waals surface area contributed by atoms with Gasteiger partial charge >= 0.3 is 0 Å². The quantitative estimate of drug-likeness (QED) is 0.322. The molecule has 1 fully saturated rings. The van der Waals surface area contributed by atoms with Crippen molar-refractivity contribution in [2.75, 3.05) is 29.1 Å². The Balaban J connectivity index is 1.36. The maximum absolute atomic E-state index is 14.6. The Morgan fingerprint density at radius 1 is 1.18 bits per heavy atom. The normalized spacial score (nSPS) is 13.6. The van der Waals surface area contributed by atoms with Crippen molar-refractivity contribution < 1.29 is 9.18 Å². The Kier molecular flexibility index (Phi) is 6.06. The summed E-state index contributed by atoms with van der Waals surface area (Å²) in [5, 5.41) is 12.2. The number of nitrogens with zero attached hydrogens (tertiary/aromatic N) is 5. The van der Waals surface area contributed by atoms with Crippen molar-refractivity contribution in [3.05, 3.63) is 71.3 Å². The van der Waals surface area contributed by atoms with Gasteiger partial charge in [0.1, 0.15) is 5.82 Å². The number of carbonyl (C=O) groups excluding carboxylic acids is 1. The topological polar surface area (TPSA) is 84.5 Å². The van der Waals surface area contributed by atoms with E-state index < -0.39 is 0 Å². The third-order valence-corrected chi connectivity index (χ3v) is 6.73. The molecule has 0 spiro atoms. The van der Waals surface area contributed by atoms with E-state index in [1.54, 1.807) is 34.7 Å². The molecule has 1 saturated heterocycles. The summed E-state index contributed by atoms with van der Waals surface area (Å²) >= 11 is 1.19. The number of allylic oxidation sites excluding steroid dienone is 1. The second-order valence-electron chi connectivity index (χ2n) is 8.04. The van der Waals surface area contributed by atoms with Gasteiger partial charge in [0.05, 0.1) is 22.3 Å². The molecule has 5 rings (SSSR count). The first-order chi connectivity index (χ1) is 16.6. The highest BCUT2D eigenvalue weighted by atomic mass is 32.2. The molecule has 0 aliphatic carbocycles. The molecule has 3 heterocycles. The molecule has 0 saturated carbocycles. The van der Waals surface area contributed by atoms with Crippen molar-refractivity contribution >= 4 is 45.7 Å². The zero-order chi connectivity index (χ0) is 23.7. The summed E-state index contributed by atoms with van der Waals surface area (Å²) in [6.07, 6.45) is 3.75. The molecule has 1 aliphatic heterocycles. The molecule has 174 valence electrons. The van der Waals surface area contributed by atoms with Gasteiger partial charge in [-0.1, -0.05) is 30.0 Å². The van der Waals surface area contributed by atoms with E-state index in [1.165, 1.54) is 22.4 Å². The molecule has 34 heavy (non-hydrogen) atoms. The fourth-order valence-electron chi connectivity index (χ4n) is 4.25. The molecular formula is C24H23FN6O2S. The summed E-state index contributed by atoms with van der Waals surface area (Å²) < 4.78 is 17.8. The van der Waals surface area contributed by atoms with E-state index >= 15 is 0 Å². The second-order valence-corrected chi connectivity index (χ2v) is 8.98. The zero-order valence-corrected chi connectivity index (χ0v) is 19.2. The lowest BCUT2D eigenvalue weighted by atomic mass is 10.2. The van der Waals surface area contributed by atoms with Gasteiger partial charge < -0.3 is 10.2 Å². The molecule has 4 aromatic rings. The smallest absolute Gasteiger partial charge is 0.263 e. The van der Waals surface area contributed by atoms with Gasteiger partial charge in [-0.15, -0.1) is 16.8 Å². The van der Waals surface area contributed by atoms with Gasteiger partial charge in [0.2, 0.25) is 11.7 Å². The highest BCUT2D eigenvalue weighted by Crippen LogP contribution is 2.27. The molecule has 1 aliphatic rings. The lowest BCUT2D eigenvalue weighted by Gasteiger charge is -2.18. The predicted molar refractivity (Wildman–Crippen MR) is 132 cm³/mol. The Morgan fingerprint density at radius 2 is 1.97 bits per heavy atom. The standard InChI is InChI=1S/C24H23FN6O2S/c1-2-11-30-22(33)17-7-3-4-8-19(17)31-23(30)27-28-24(31)34-15-21(32)26-16-9-10-20(18(25)14-16)29-12-5-6-13-29/h2-4,7-10,14H,1,5-6,11-13,15H2,(H,26,32).